The zero-order chi connectivity index (χ0) is 19.1. The summed E-state index contributed by atoms with van der Waals surface area (Å²) in [6.07, 6.45) is 0. The third-order valence-electron chi connectivity index (χ3n) is 4.34. The maximum Gasteiger partial charge on any atom is 0.269 e. The third kappa shape index (κ3) is 2.97. The molecular weight excluding hydrogens is 346 g/mol. The SMILES string of the molecule is Cc1ccc2cc3c(NC(=O)c4ccc([N+](=O)[O-])cc4)nn(C)c3nc2c1. The molecule has 0 aliphatic carbocycles. The lowest BCUT2D eigenvalue weighted by Gasteiger charge is -2.03. The Kier molecular flexibility index (Phi) is 3.80. The van der Waals surface area contributed by atoms with Crippen LogP contribution in [0.2, 0.25) is 0 Å². The summed E-state index contributed by atoms with van der Waals surface area (Å²) in [5.41, 5.74) is 2.87. The van der Waals surface area contributed by atoms with Crippen LogP contribution in [0.4, 0.5) is 11.5 Å². The number of anilines is 1. The molecule has 134 valence electrons. The summed E-state index contributed by atoms with van der Waals surface area (Å²) in [6, 6.07) is 13.3. The lowest BCUT2D eigenvalue weighted by atomic mass is 10.1. The molecule has 0 radical (unpaired) electrons. The van der Waals surface area contributed by atoms with Crippen LogP contribution >= 0.6 is 0 Å². The molecule has 0 saturated heterocycles. The van der Waals surface area contributed by atoms with E-state index >= 15 is 0 Å². The van der Waals surface area contributed by atoms with E-state index in [1.165, 1.54) is 24.3 Å². The summed E-state index contributed by atoms with van der Waals surface area (Å²) >= 11 is 0. The predicted molar refractivity (Wildman–Crippen MR) is 102 cm³/mol. The summed E-state index contributed by atoms with van der Waals surface area (Å²) in [6.45, 7) is 2.00. The highest BCUT2D eigenvalue weighted by Crippen LogP contribution is 2.26. The van der Waals surface area contributed by atoms with Crippen LogP contribution in [0, 0.1) is 17.0 Å². The molecule has 0 unspecified atom stereocenters. The second-order valence-corrected chi connectivity index (χ2v) is 6.29. The number of carbonyl (C=O) groups excluding carboxylic acids is 1. The van der Waals surface area contributed by atoms with E-state index in [0.717, 1.165) is 21.9 Å². The summed E-state index contributed by atoms with van der Waals surface area (Å²) in [5.74, 6) is -0.000251. The summed E-state index contributed by atoms with van der Waals surface area (Å²) in [7, 11) is 1.76. The van der Waals surface area contributed by atoms with Gasteiger partial charge in [0.25, 0.3) is 11.6 Å². The Morgan fingerprint density at radius 3 is 2.59 bits per heavy atom. The number of aryl methyl sites for hydroxylation is 2. The number of nitrogens with one attached hydrogen (secondary N) is 1. The van der Waals surface area contributed by atoms with Crippen LogP contribution in [0.15, 0.2) is 48.5 Å². The molecule has 0 atom stereocenters. The highest BCUT2D eigenvalue weighted by molar-refractivity contribution is 6.08. The number of nitro benzene ring substituents is 1. The number of pyridine rings is 1. The molecule has 0 spiro atoms. The topological polar surface area (TPSA) is 103 Å². The molecule has 0 aliphatic heterocycles. The monoisotopic (exact) mass is 361 g/mol. The molecule has 8 heteroatoms. The van der Waals surface area contributed by atoms with Gasteiger partial charge in [-0.15, -0.1) is 0 Å². The van der Waals surface area contributed by atoms with Crippen LogP contribution in [-0.4, -0.2) is 25.6 Å². The molecule has 2 aromatic heterocycles. The number of rotatable bonds is 3. The van der Waals surface area contributed by atoms with E-state index in [2.05, 4.69) is 15.4 Å². The van der Waals surface area contributed by atoms with Gasteiger partial charge in [0.15, 0.2) is 11.5 Å². The summed E-state index contributed by atoms with van der Waals surface area (Å²) < 4.78 is 1.61. The first-order valence-electron chi connectivity index (χ1n) is 8.22. The van der Waals surface area contributed by atoms with E-state index < -0.39 is 10.8 Å². The maximum atomic E-state index is 12.5. The first-order chi connectivity index (χ1) is 12.9. The van der Waals surface area contributed by atoms with Crippen molar-refractivity contribution in [3.63, 3.8) is 0 Å². The lowest BCUT2D eigenvalue weighted by molar-refractivity contribution is -0.384. The number of aromatic nitrogens is 3. The van der Waals surface area contributed by atoms with Crippen molar-refractivity contribution in [3.05, 3.63) is 69.8 Å². The number of carbonyl (C=O) groups is 1. The minimum atomic E-state index is -0.508. The number of amides is 1. The van der Waals surface area contributed by atoms with Crippen molar-refractivity contribution in [2.24, 2.45) is 7.05 Å². The van der Waals surface area contributed by atoms with Gasteiger partial charge in [0.05, 0.1) is 15.8 Å². The van der Waals surface area contributed by atoms with E-state index in [9.17, 15) is 14.9 Å². The maximum absolute atomic E-state index is 12.5. The highest BCUT2D eigenvalue weighted by Gasteiger charge is 2.16. The first-order valence-corrected chi connectivity index (χ1v) is 8.22. The van der Waals surface area contributed by atoms with Gasteiger partial charge in [-0.25, -0.2) is 9.67 Å². The number of hydrogen-bond acceptors (Lipinski definition) is 5. The Labute approximate surface area is 153 Å². The Bertz CT molecular complexity index is 1210. The number of hydrogen-bond donors (Lipinski definition) is 1. The smallest absolute Gasteiger partial charge is 0.269 e. The first kappa shape index (κ1) is 16.6. The molecule has 2 aromatic carbocycles. The number of fused-ring (bicyclic) bond motifs is 2. The van der Waals surface area contributed by atoms with Gasteiger partial charge >= 0.3 is 0 Å². The van der Waals surface area contributed by atoms with Crippen molar-refractivity contribution in [1.82, 2.24) is 14.8 Å². The fourth-order valence-corrected chi connectivity index (χ4v) is 2.95. The molecule has 0 saturated carbocycles. The van der Waals surface area contributed by atoms with Crippen molar-refractivity contribution in [3.8, 4) is 0 Å². The molecule has 1 N–H and O–H groups in total. The minimum Gasteiger partial charge on any atom is -0.305 e. The van der Waals surface area contributed by atoms with Crippen molar-refractivity contribution in [2.45, 2.75) is 6.92 Å². The van der Waals surface area contributed by atoms with E-state index in [4.69, 9.17) is 0 Å². The van der Waals surface area contributed by atoms with Gasteiger partial charge in [-0.05, 0) is 36.8 Å². The van der Waals surface area contributed by atoms with Crippen LogP contribution in [0.5, 0.6) is 0 Å². The second kappa shape index (κ2) is 6.17. The largest absolute Gasteiger partial charge is 0.305 e. The van der Waals surface area contributed by atoms with Gasteiger partial charge in [-0.1, -0.05) is 12.1 Å². The van der Waals surface area contributed by atoms with Gasteiger partial charge in [-0.2, -0.15) is 5.10 Å². The molecule has 0 bridgehead atoms. The zero-order valence-corrected chi connectivity index (χ0v) is 14.6. The number of non-ortho nitro benzene ring substituents is 1. The number of nitrogens with zero attached hydrogens (tertiary/aromatic N) is 4. The van der Waals surface area contributed by atoms with E-state index in [1.807, 2.05) is 31.2 Å². The van der Waals surface area contributed by atoms with E-state index in [1.54, 1.807) is 11.7 Å². The molecule has 0 aliphatic rings. The third-order valence-corrected chi connectivity index (χ3v) is 4.34. The number of benzene rings is 2. The van der Waals surface area contributed by atoms with Crippen molar-refractivity contribution in [1.29, 1.82) is 0 Å². The fourth-order valence-electron chi connectivity index (χ4n) is 2.95. The average Bonchev–Trinajstić information content (AvgIpc) is 2.94. The number of nitro groups is 1. The Morgan fingerprint density at radius 1 is 1.15 bits per heavy atom. The normalized spacial score (nSPS) is 11.0. The molecule has 2 heterocycles. The van der Waals surface area contributed by atoms with Crippen LogP contribution in [0.1, 0.15) is 15.9 Å². The highest BCUT2D eigenvalue weighted by atomic mass is 16.6. The van der Waals surface area contributed by atoms with Crippen molar-refractivity contribution >= 4 is 39.3 Å². The Hall–Kier alpha value is -3.81. The van der Waals surface area contributed by atoms with Crippen LogP contribution in [-0.2, 0) is 7.05 Å². The quantitative estimate of drug-likeness (QED) is 0.444. The zero-order valence-electron chi connectivity index (χ0n) is 14.6. The molecule has 27 heavy (non-hydrogen) atoms. The van der Waals surface area contributed by atoms with Crippen LogP contribution < -0.4 is 5.32 Å². The van der Waals surface area contributed by atoms with E-state index in [-0.39, 0.29) is 5.69 Å². The second-order valence-electron chi connectivity index (χ2n) is 6.29. The molecule has 1 amide bonds. The molecule has 4 aromatic rings. The van der Waals surface area contributed by atoms with E-state index in [0.29, 0.717) is 17.0 Å². The molecular formula is C19H15N5O3. The summed E-state index contributed by atoms with van der Waals surface area (Å²) in [4.78, 5) is 27.4. The molecule has 8 nitrogen and oxygen atoms in total. The predicted octanol–water partition coefficient (Wildman–Crippen LogP) is 3.59. The van der Waals surface area contributed by atoms with Crippen molar-refractivity contribution in [2.75, 3.05) is 5.32 Å². The fraction of sp³-hybridized carbons (Fsp3) is 0.105. The van der Waals surface area contributed by atoms with Crippen LogP contribution in [0.25, 0.3) is 21.9 Å². The van der Waals surface area contributed by atoms with Gasteiger partial charge in [0.2, 0.25) is 0 Å². The molecule has 0 fully saturated rings. The average molecular weight is 361 g/mol. The summed E-state index contributed by atoms with van der Waals surface area (Å²) in [5, 5.41) is 19.5. The molecule has 4 rings (SSSR count). The Morgan fingerprint density at radius 2 is 1.89 bits per heavy atom. The van der Waals surface area contributed by atoms with Crippen molar-refractivity contribution < 1.29 is 9.72 Å². The van der Waals surface area contributed by atoms with Gasteiger partial charge < -0.3 is 5.32 Å². The van der Waals surface area contributed by atoms with Gasteiger partial charge in [0.1, 0.15) is 0 Å². The standard InChI is InChI=1S/C19H15N5O3/c1-11-3-4-13-10-15-17(22-23(2)18(15)20-16(13)9-11)21-19(25)12-5-7-14(8-6-12)24(26)27/h3-10H,1-2H3,(H,21,22,25). The lowest BCUT2D eigenvalue weighted by Crippen LogP contribution is -2.12. The minimum absolute atomic E-state index is 0.0687. The Balaban J connectivity index is 1.72. The van der Waals surface area contributed by atoms with Gasteiger partial charge in [0, 0.05) is 30.1 Å². The van der Waals surface area contributed by atoms with Gasteiger partial charge in [-0.3, -0.25) is 14.9 Å². The van der Waals surface area contributed by atoms with Crippen LogP contribution in [0.3, 0.4) is 0 Å².